The topological polar surface area (TPSA) is 68.3 Å². The number of rotatable bonds is 6. The second-order valence-corrected chi connectivity index (χ2v) is 8.65. The van der Waals surface area contributed by atoms with Gasteiger partial charge in [-0.25, -0.2) is 8.42 Å². The molecule has 4 nitrogen and oxygen atoms in total. The van der Waals surface area contributed by atoms with Gasteiger partial charge < -0.3 is 0 Å². The number of Topliss-reactive ketones (excluding diaryl/α,β-unsaturated/α-hetero) is 2. The van der Waals surface area contributed by atoms with Crippen molar-refractivity contribution in [2.75, 3.05) is 0 Å². The predicted molar refractivity (Wildman–Crippen MR) is 105 cm³/mol. The molecule has 0 fully saturated rings. The maximum atomic E-state index is 13.4. The van der Waals surface area contributed by atoms with Crippen molar-refractivity contribution in [3.8, 4) is 0 Å². The lowest BCUT2D eigenvalue weighted by molar-refractivity contribution is -0.130. The Morgan fingerprint density at radius 2 is 1.30 bits per heavy atom. The number of sulfone groups is 1. The molecule has 3 aromatic carbocycles. The highest BCUT2D eigenvalue weighted by Crippen LogP contribution is 2.37. The average molecular weight is 380 g/mol. The molecule has 0 bridgehead atoms. The largest absolute Gasteiger partial charge is 0.299 e. The third-order valence-electron chi connectivity index (χ3n) is 4.69. The zero-order valence-corrected chi connectivity index (χ0v) is 15.9. The third kappa shape index (κ3) is 3.69. The molecule has 138 valence electrons. The fourth-order valence-corrected chi connectivity index (χ4v) is 5.48. The van der Waals surface area contributed by atoms with Crippen molar-refractivity contribution in [2.45, 2.75) is 24.0 Å². The van der Waals surface area contributed by atoms with E-state index in [2.05, 4.69) is 0 Å². The molecule has 1 unspecified atom stereocenters. The van der Waals surface area contributed by atoms with Gasteiger partial charge in [-0.05, 0) is 48.4 Å². The summed E-state index contributed by atoms with van der Waals surface area (Å²) in [6.45, 7) is 2.53. The summed E-state index contributed by atoms with van der Waals surface area (Å²) in [6.07, 6.45) is 0. The van der Waals surface area contributed by atoms with Crippen LogP contribution in [0.15, 0.2) is 77.7 Å². The van der Waals surface area contributed by atoms with Gasteiger partial charge in [0.05, 0.1) is 10.8 Å². The van der Waals surface area contributed by atoms with Gasteiger partial charge in [0.25, 0.3) is 0 Å². The van der Waals surface area contributed by atoms with E-state index >= 15 is 0 Å². The fraction of sp³-hybridized carbons (Fsp3) is 0.182. The molecular formula is C22H20O4S. The van der Waals surface area contributed by atoms with E-state index in [0.29, 0.717) is 5.56 Å². The van der Waals surface area contributed by atoms with Crippen LogP contribution in [0.3, 0.4) is 0 Å². The minimum atomic E-state index is -3.95. The summed E-state index contributed by atoms with van der Waals surface area (Å²) in [6, 6.07) is 20.8. The molecule has 0 saturated carbocycles. The molecule has 27 heavy (non-hydrogen) atoms. The van der Waals surface area contributed by atoms with Crippen molar-refractivity contribution in [2.24, 2.45) is 5.92 Å². The molecule has 1 atom stereocenters. The minimum absolute atomic E-state index is 0.0932. The number of hydrogen-bond donors (Lipinski definition) is 0. The normalized spacial score (nSPS) is 12.9. The van der Waals surface area contributed by atoms with E-state index in [1.807, 2.05) is 30.3 Å². The van der Waals surface area contributed by atoms with Crippen LogP contribution >= 0.6 is 0 Å². The van der Waals surface area contributed by atoms with Gasteiger partial charge in [0.15, 0.2) is 9.84 Å². The molecule has 0 radical (unpaired) electrons. The summed E-state index contributed by atoms with van der Waals surface area (Å²) >= 11 is 0. The predicted octanol–water partition coefficient (Wildman–Crippen LogP) is 4.15. The molecule has 5 heteroatoms. The number of fused-ring (bicyclic) bond motifs is 1. The maximum Gasteiger partial charge on any atom is 0.186 e. The number of hydrogen-bond acceptors (Lipinski definition) is 4. The van der Waals surface area contributed by atoms with Gasteiger partial charge in [0, 0.05) is 0 Å². The average Bonchev–Trinajstić information content (AvgIpc) is 2.65. The number of carbonyl (C=O) groups is 2. The van der Waals surface area contributed by atoms with E-state index in [1.165, 1.54) is 26.0 Å². The van der Waals surface area contributed by atoms with Crippen molar-refractivity contribution in [1.29, 1.82) is 0 Å². The molecule has 0 saturated heterocycles. The molecule has 3 aromatic rings. The van der Waals surface area contributed by atoms with E-state index in [-0.39, 0.29) is 4.90 Å². The first-order valence-electron chi connectivity index (χ1n) is 8.61. The molecule has 0 aromatic heterocycles. The molecule has 0 N–H and O–H groups in total. The number of carbonyl (C=O) groups excluding carboxylic acids is 2. The van der Waals surface area contributed by atoms with Crippen molar-refractivity contribution in [3.63, 3.8) is 0 Å². The second-order valence-electron chi connectivity index (χ2n) is 6.58. The summed E-state index contributed by atoms with van der Waals surface area (Å²) in [4.78, 5) is 24.6. The van der Waals surface area contributed by atoms with E-state index in [9.17, 15) is 18.0 Å². The quantitative estimate of drug-likeness (QED) is 0.603. The zero-order valence-electron chi connectivity index (χ0n) is 15.1. The summed E-state index contributed by atoms with van der Waals surface area (Å²) in [7, 11) is -3.95. The SMILES string of the molecule is CC(=O)C(C(C)=O)C(c1ccc2ccccc2c1)S(=O)(=O)c1ccccc1. The smallest absolute Gasteiger partial charge is 0.186 e. The Hall–Kier alpha value is -2.79. The molecular weight excluding hydrogens is 360 g/mol. The molecule has 0 aliphatic rings. The lowest BCUT2D eigenvalue weighted by Gasteiger charge is -2.24. The first-order valence-corrected chi connectivity index (χ1v) is 10.2. The highest BCUT2D eigenvalue weighted by atomic mass is 32.2. The van der Waals surface area contributed by atoms with Crippen LogP contribution in [0.25, 0.3) is 10.8 Å². The van der Waals surface area contributed by atoms with Crippen LogP contribution < -0.4 is 0 Å². The Labute approximate surface area is 158 Å². The Balaban J connectivity index is 2.26. The second kappa shape index (κ2) is 7.45. The molecule has 0 spiro atoms. The van der Waals surface area contributed by atoms with Crippen molar-refractivity contribution >= 4 is 32.2 Å². The Morgan fingerprint density at radius 3 is 1.89 bits per heavy atom. The van der Waals surface area contributed by atoms with E-state index in [1.54, 1.807) is 30.3 Å². The first-order chi connectivity index (χ1) is 12.8. The van der Waals surface area contributed by atoms with Gasteiger partial charge in [0.1, 0.15) is 16.8 Å². The van der Waals surface area contributed by atoms with Crippen LogP contribution in [0.2, 0.25) is 0 Å². The number of ketones is 2. The number of benzene rings is 3. The van der Waals surface area contributed by atoms with Gasteiger partial charge in [0.2, 0.25) is 0 Å². The molecule has 0 aliphatic carbocycles. The summed E-state index contributed by atoms with van der Waals surface area (Å²) in [5, 5.41) is 0.549. The Kier molecular flexibility index (Phi) is 5.24. The van der Waals surface area contributed by atoms with Crippen LogP contribution in [0.4, 0.5) is 0 Å². The van der Waals surface area contributed by atoms with Gasteiger partial charge in [-0.15, -0.1) is 0 Å². The van der Waals surface area contributed by atoms with Gasteiger partial charge in [-0.2, -0.15) is 0 Å². The van der Waals surface area contributed by atoms with Crippen molar-refractivity contribution < 1.29 is 18.0 Å². The third-order valence-corrected chi connectivity index (χ3v) is 6.83. The molecule has 0 heterocycles. The first kappa shape index (κ1) is 19.0. The summed E-state index contributed by atoms with van der Waals surface area (Å²) in [5.74, 6) is -2.17. The van der Waals surface area contributed by atoms with E-state index < -0.39 is 32.6 Å². The highest BCUT2D eigenvalue weighted by Gasteiger charge is 2.41. The molecule has 0 aliphatic heterocycles. The maximum absolute atomic E-state index is 13.4. The van der Waals surface area contributed by atoms with Crippen molar-refractivity contribution in [3.05, 3.63) is 78.4 Å². The van der Waals surface area contributed by atoms with Crippen LogP contribution in [0.1, 0.15) is 24.7 Å². The van der Waals surface area contributed by atoms with Crippen molar-refractivity contribution in [1.82, 2.24) is 0 Å². The lowest BCUT2D eigenvalue weighted by Crippen LogP contribution is -2.32. The Bertz CT molecular complexity index is 1090. The standard InChI is InChI=1S/C22H20O4S/c1-15(23)21(16(2)24)22(27(25,26)20-10-4-3-5-11-20)19-13-12-17-8-6-7-9-18(17)14-19/h3-14,21-22H,1-2H3. The highest BCUT2D eigenvalue weighted by molar-refractivity contribution is 7.91. The van der Waals surface area contributed by atoms with E-state index in [4.69, 9.17) is 0 Å². The summed E-state index contributed by atoms with van der Waals surface area (Å²) in [5.41, 5.74) is 0.438. The minimum Gasteiger partial charge on any atom is -0.299 e. The zero-order chi connectivity index (χ0) is 19.6. The van der Waals surface area contributed by atoms with Crippen LogP contribution in [-0.4, -0.2) is 20.0 Å². The van der Waals surface area contributed by atoms with E-state index in [0.717, 1.165) is 10.8 Å². The monoisotopic (exact) mass is 380 g/mol. The fourth-order valence-electron chi connectivity index (χ4n) is 3.40. The van der Waals surface area contributed by atoms with Gasteiger partial charge >= 0.3 is 0 Å². The van der Waals surface area contributed by atoms with Gasteiger partial charge in [-0.3, -0.25) is 9.59 Å². The lowest BCUT2D eigenvalue weighted by atomic mass is 9.91. The Morgan fingerprint density at radius 1 is 0.741 bits per heavy atom. The van der Waals surface area contributed by atoms with Crippen LogP contribution in [0, 0.1) is 5.92 Å². The van der Waals surface area contributed by atoms with Gasteiger partial charge in [-0.1, -0.05) is 54.6 Å². The van der Waals surface area contributed by atoms with Crippen LogP contribution in [-0.2, 0) is 19.4 Å². The van der Waals surface area contributed by atoms with Crippen LogP contribution in [0.5, 0.6) is 0 Å². The molecule has 0 amide bonds. The summed E-state index contributed by atoms with van der Waals surface area (Å²) < 4.78 is 26.8. The molecule has 3 rings (SSSR count).